The molecule has 0 saturated carbocycles. The van der Waals surface area contributed by atoms with Crippen LogP contribution < -0.4 is 0 Å². The van der Waals surface area contributed by atoms with Crippen LogP contribution in [-0.4, -0.2) is 52.1 Å². The number of aliphatic hydroxyl groups is 1. The lowest BCUT2D eigenvalue weighted by Crippen LogP contribution is -2.48. The first-order chi connectivity index (χ1) is 16.8. The van der Waals surface area contributed by atoms with E-state index < -0.39 is 22.7 Å². The van der Waals surface area contributed by atoms with Crippen molar-refractivity contribution in [2.24, 2.45) is 17.8 Å². The van der Waals surface area contributed by atoms with E-state index in [0.717, 1.165) is 19.3 Å². The maximum Gasteiger partial charge on any atom is 0.308 e. The van der Waals surface area contributed by atoms with Gasteiger partial charge in [-0.2, -0.15) is 0 Å². The number of rotatable bonds is 7. The largest absolute Gasteiger partial charge is 0.462 e. The number of hydrogen-bond acceptors (Lipinski definition) is 5. The van der Waals surface area contributed by atoms with E-state index >= 15 is 0 Å². The van der Waals surface area contributed by atoms with Crippen LogP contribution in [0, 0.1) is 17.8 Å². The Bertz CT molecular complexity index is 879. The van der Waals surface area contributed by atoms with Crippen molar-refractivity contribution in [2.45, 2.75) is 141 Å². The van der Waals surface area contributed by atoms with Crippen LogP contribution >= 0.6 is 0 Å². The molecule has 3 rings (SSSR count). The lowest BCUT2D eigenvalue weighted by Gasteiger charge is -2.45. The van der Waals surface area contributed by atoms with E-state index in [1.165, 1.54) is 5.57 Å². The third-order valence-corrected chi connectivity index (χ3v) is 19.0. The van der Waals surface area contributed by atoms with E-state index in [2.05, 4.69) is 92.9 Å². The number of cyclic esters (lactones) is 1. The van der Waals surface area contributed by atoms with Crippen LogP contribution in [-0.2, 0) is 18.4 Å². The summed E-state index contributed by atoms with van der Waals surface area (Å²) in [5.41, 5.74) is 1.21. The number of hydrogen-bond donors (Lipinski definition) is 1. The standard InChI is InChI=1S/C30H54O5Si2/c1-20-12-13-21-16-23(34-36(8,9)29(2,3)4)18-26(31)28(21)25(20)15-14-22-17-24(19-27(32)33-22)35-37(10,11)30(5,6)7/h12-13,16,20,22-26,28,31H,14-15,17-19H2,1-11H3/t20?,22-,23?,24-,25?,26?,28?/m1/s1. The highest BCUT2D eigenvalue weighted by Gasteiger charge is 2.45. The van der Waals surface area contributed by atoms with Crippen molar-refractivity contribution in [1.82, 2.24) is 0 Å². The number of aliphatic hydroxyl groups excluding tert-OH is 1. The molecule has 1 fully saturated rings. The normalized spacial score (nSPS) is 33.6. The SMILES string of the molecule is CC1C=CC2=CC(O[Si](C)(C)C(C)(C)C)CC(O)C2C1CC[C@@H]1C[C@@H](O[Si](C)(C)C(C)(C)C)CC(=O)O1. The van der Waals surface area contributed by atoms with Gasteiger partial charge in [0, 0.05) is 18.8 Å². The van der Waals surface area contributed by atoms with E-state index in [4.69, 9.17) is 13.6 Å². The topological polar surface area (TPSA) is 65.0 Å². The van der Waals surface area contributed by atoms with Crippen LogP contribution in [0.15, 0.2) is 23.8 Å². The van der Waals surface area contributed by atoms with E-state index in [0.29, 0.717) is 24.7 Å². The molecule has 1 saturated heterocycles. The van der Waals surface area contributed by atoms with Gasteiger partial charge in [-0.3, -0.25) is 4.79 Å². The first-order valence-electron chi connectivity index (χ1n) is 14.4. The summed E-state index contributed by atoms with van der Waals surface area (Å²) < 4.78 is 19.1. The predicted octanol–water partition coefficient (Wildman–Crippen LogP) is 7.38. The van der Waals surface area contributed by atoms with Crippen molar-refractivity contribution in [3.8, 4) is 0 Å². The van der Waals surface area contributed by atoms with Crippen LogP contribution in [0.1, 0.15) is 80.6 Å². The number of fused-ring (bicyclic) bond motifs is 1. The number of carbonyl (C=O) groups is 1. The summed E-state index contributed by atoms with van der Waals surface area (Å²) in [5.74, 6) is 0.659. The molecule has 1 aliphatic heterocycles. The van der Waals surface area contributed by atoms with Crippen LogP contribution in [0.4, 0.5) is 0 Å². The van der Waals surface area contributed by atoms with Crippen molar-refractivity contribution in [2.75, 3.05) is 0 Å². The summed E-state index contributed by atoms with van der Waals surface area (Å²) in [6, 6.07) is 0. The first kappa shape index (κ1) is 30.8. The molecule has 1 N–H and O–H groups in total. The summed E-state index contributed by atoms with van der Waals surface area (Å²) >= 11 is 0. The van der Waals surface area contributed by atoms with Gasteiger partial charge in [0.15, 0.2) is 16.6 Å². The maximum atomic E-state index is 12.5. The molecule has 212 valence electrons. The first-order valence-corrected chi connectivity index (χ1v) is 20.3. The van der Waals surface area contributed by atoms with Gasteiger partial charge in [-0.1, -0.05) is 66.7 Å². The van der Waals surface area contributed by atoms with Gasteiger partial charge in [-0.15, -0.1) is 0 Å². The monoisotopic (exact) mass is 550 g/mol. The van der Waals surface area contributed by atoms with Crippen LogP contribution in [0.5, 0.6) is 0 Å². The summed E-state index contributed by atoms with van der Waals surface area (Å²) in [6.45, 7) is 24.8. The molecule has 0 amide bonds. The molecule has 5 nitrogen and oxygen atoms in total. The second kappa shape index (κ2) is 11.0. The fourth-order valence-electron chi connectivity index (χ4n) is 5.60. The third-order valence-electron chi connectivity index (χ3n) is 9.94. The summed E-state index contributed by atoms with van der Waals surface area (Å²) in [5, 5.41) is 11.6. The van der Waals surface area contributed by atoms with Gasteiger partial charge >= 0.3 is 5.97 Å². The number of allylic oxidation sites excluding steroid dienone is 2. The second-order valence-electron chi connectivity index (χ2n) is 14.9. The Morgan fingerprint density at radius 3 is 2.16 bits per heavy atom. The molecule has 1 heterocycles. The van der Waals surface area contributed by atoms with E-state index in [9.17, 15) is 9.90 Å². The van der Waals surface area contributed by atoms with E-state index in [1.807, 2.05) is 0 Å². The fourth-order valence-corrected chi connectivity index (χ4v) is 8.24. The molecule has 0 aromatic heterocycles. The second-order valence-corrected chi connectivity index (χ2v) is 24.4. The van der Waals surface area contributed by atoms with E-state index in [-0.39, 0.29) is 40.3 Å². The molecule has 37 heavy (non-hydrogen) atoms. The highest BCUT2D eigenvalue weighted by atomic mass is 28.4. The Kier molecular flexibility index (Phi) is 9.18. The minimum absolute atomic E-state index is 0.0339. The van der Waals surface area contributed by atoms with Crippen LogP contribution in [0.2, 0.25) is 36.3 Å². The van der Waals surface area contributed by atoms with Crippen molar-refractivity contribution >= 4 is 22.6 Å². The van der Waals surface area contributed by atoms with Gasteiger partial charge in [0.2, 0.25) is 0 Å². The molecule has 3 aliphatic rings. The Morgan fingerprint density at radius 2 is 1.57 bits per heavy atom. The third kappa shape index (κ3) is 7.27. The van der Waals surface area contributed by atoms with Crippen molar-refractivity contribution < 1.29 is 23.5 Å². The Morgan fingerprint density at radius 1 is 0.973 bits per heavy atom. The molecule has 0 radical (unpaired) electrons. The zero-order valence-corrected chi connectivity index (χ0v) is 27.4. The molecule has 7 heteroatoms. The lowest BCUT2D eigenvalue weighted by atomic mass is 9.66. The zero-order valence-electron chi connectivity index (χ0n) is 25.4. The smallest absolute Gasteiger partial charge is 0.308 e. The van der Waals surface area contributed by atoms with Gasteiger partial charge in [-0.05, 0) is 66.5 Å². The molecule has 7 atom stereocenters. The average Bonchev–Trinajstić information content (AvgIpc) is 2.70. The molecular weight excluding hydrogens is 496 g/mol. The zero-order chi connectivity index (χ0) is 28.0. The molecule has 2 aliphatic carbocycles. The molecule has 0 aromatic carbocycles. The van der Waals surface area contributed by atoms with Gasteiger partial charge in [0.25, 0.3) is 0 Å². The van der Waals surface area contributed by atoms with Gasteiger partial charge < -0.3 is 18.7 Å². The number of ether oxygens (including phenoxy) is 1. The Labute approximate surface area is 228 Å². The van der Waals surface area contributed by atoms with Gasteiger partial charge in [0.05, 0.1) is 24.7 Å². The fraction of sp³-hybridized carbons (Fsp3) is 0.833. The summed E-state index contributed by atoms with van der Waals surface area (Å²) in [6.07, 6.45) is 9.65. The van der Waals surface area contributed by atoms with Crippen LogP contribution in [0.3, 0.4) is 0 Å². The van der Waals surface area contributed by atoms with Gasteiger partial charge in [-0.25, -0.2) is 0 Å². The lowest BCUT2D eigenvalue weighted by molar-refractivity contribution is -0.160. The molecule has 0 spiro atoms. The molecule has 0 aromatic rings. The number of esters is 1. The minimum atomic E-state index is -1.95. The summed E-state index contributed by atoms with van der Waals surface area (Å²) in [4.78, 5) is 12.5. The summed E-state index contributed by atoms with van der Waals surface area (Å²) in [7, 11) is -3.88. The molecular formula is C30H54O5Si2. The van der Waals surface area contributed by atoms with Crippen molar-refractivity contribution in [3.63, 3.8) is 0 Å². The Hall–Kier alpha value is -0.736. The highest BCUT2D eigenvalue weighted by Crippen LogP contribution is 2.45. The van der Waals surface area contributed by atoms with Crippen molar-refractivity contribution in [1.29, 1.82) is 0 Å². The van der Waals surface area contributed by atoms with E-state index in [1.54, 1.807) is 0 Å². The molecule has 5 unspecified atom stereocenters. The average molecular weight is 551 g/mol. The maximum absolute atomic E-state index is 12.5. The minimum Gasteiger partial charge on any atom is -0.462 e. The highest BCUT2D eigenvalue weighted by molar-refractivity contribution is 6.74. The predicted molar refractivity (Wildman–Crippen MR) is 156 cm³/mol. The molecule has 0 bridgehead atoms. The van der Waals surface area contributed by atoms with Crippen LogP contribution in [0.25, 0.3) is 0 Å². The van der Waals surface area contributed by atoms with Gasteiger partial charge in [0.1, 0.15) is 6.10 Å². The Balaban J connectivity index is 1.67. The number of carbonyl (C=O) groups excluding carboxylic acids is 1. The quantitative estimate of drug-likeness (QED) is 0.265. The van der Waals surface area contributed by atoms with Crippen molar-refractivity contribution in [3.05, 3.63) is 23.8 Å².